The first-order chi connectivity index (χ1) is 11.2. The van der Waals surface area contributed by atoms with Crippen LogP contribution in [-0.4, -0.2) is 52.9 Å². The fourth-order valence-corrected chi connectivity index (χ4v) is 2.77. The van der Waals surface area contributed by atoms with E-state index in [0.717, 1.165) is 29.7 Å². The molecule has 0 fully saturated rings. The number of fused-ring (bicyclic) bond motifs is 1. The molecule has 1 aromatic heterocycles. The second-order valence-electron chi connectivity index (χ2n) is 5.81. The predicted octanol–water partition coefficient (Wildman–Crippen LogP) is 2.38. The Balaban J connectivity index is 2.08. The molecular weight excluding hydrogens is 290 g/mol. The lowest BCUT2D eigenvalue weighted by Gasteiger charge is -2.21. The highest BCUT2D eigenvalue weighted by molar-refractivity contribution is 5.85. The van der Waals surface area contributed by atoms with E-state index >= 15 is 0 Å². The van der Waals surface area contributed by atoms with Crippen molar-refractivity contribution in [1.29, 1.82) is 0 Å². The maximum atomic E-state index is 5.64. The summed E-state index contributed by atoms with van der Waals surface area (Å²) in [5.74, 6) is 0.852. The minimum atomic E-state index is -0.0144. The van der Waals surface area contributed by atoms with Gasteiger partial charge in [-0.3, -0.25) is 0 Å². The van der Waals surface area contributed by atoms with Gasteiger partial charge in [0.25, 0.3) is 0 Å². The van der Waals surface area contributed by atoms with Crippen molar-refractivity contribution in [3.8, 4) is 5.75 Å². The van der Waals surface area contributed by atoms with Crippen LogP contribution in [-0.2, 0) is 0 Å². The third-order valence-corrected chi connectivity index (χ3v) is 3.95. The quantitative estimate of drug-likeness (QED) is 0.699. The fraction of sp³-hybridized carbons (Fsp3) is 0.353. The summed E-state index contributed by atoms with van der Waals surface area (Å²) in [5, 5.41) is 14.6. The highest BCUT2D eigenvalue weighted by atomic mass is 16.5. The molecule has 0 amide bonds. The Kier molecular flexibility index (Phi) is 4.52. The van der Waals surface area contributed by atoms with Crippen LogP contribution < -0.4 is 4.74 Å². The lowest BCUT2D eigenvalue weighted by Crippen LogP contribution is -2.22. The second kappa shape index (κ2) is 6.75. The molecule has 0 N–H and O–H groups in total. The lowest BCUT2D eigenvalue weighted by molar-refractivity contribution is 0.330. The number of hydrogen-bond donors (Lipinski definition) is 0. The van der Waals surface area contributed by atoms with Crippen LogP contribution in [0.1, 0.15) is 18.0 Å². The van der Waals surface area contributed by atoms with Crippen molar-refractivity contribution >= 4 is 10.8 Å². The van der Waals surface area contributed by atoms with Crippen molar-refractivity contribution in [3.63, 3.8) is 0 Å². The number of nitrogens with zero attached hydrogens (tertiary/aromatic N) is 5. The van der Waals surface area contributed by atoms with Gasteiger partial charge in [0.15, 0.2) is 6.33 Å². The zero-order valence-corrected chi connectivity index (χ0v) is 13.7. The van der Waals surface area contributed by atoms with Crippen molar-refractivity contribution < 1.29 is 4.74 Å². The van der Waals surface area contributed by atoms with E-state index in [2.05, 4.69) is 58.7 Å². The van der Waals surface area contributed by atoms with Crippen LogP contribution in [0, 0.1) is 0 Å². The van der Waals surface area contributed by atoms with E-state index in [0.29, 0.717) is 0 Å². The standard InChI is InChI=1S/C17H21N5O/c1-21(2)9-8-16(22-19-12-18-20-22)15-10-13-6-4-5-7-14(13)11-17(15)23-3/h4-7,10-12,16H,8-9H2,1-3H3. The van der Waals surface area contributed by atoms with Gasteiger partial charge in [-0.25, -0.2) is 0 Å². The molecule has 0 spiro atoms. The molecule has 3 rings (SSSR count). The van der Waals surface area contributed by atoms with Gasteiger partial charge in [-0.05, 0) is 55.2 Å². The summed E-state index contributed by atoms with van der Waals surface area (Å²) in [7, 11) is 5.82. The summed E-state index contributed by atoms with van der Waals surface area (Å²) in [6.45, 7) is 0.919. The summed E-state index contributed by atoms with van der Waals surface area (Å²) in [5.41, 5.74) is 1.08. The summed E-state index contributed by atoms with van der Waals surface area (Å²) < 4.78 is 5.64. The second-order valence-corrected chi connectivity index (χ2v) is 5.81. The van der Waals surface area contributed by atoms with Gasteiger partial charge < -0.3 is 9.64 Å². The Morgan fingerprint density at radius 3 is 2.52 bits per heavy atom. The molecule has 6 nitrogen and oxygen atoms in total. The third-order valence-electron chi connectivity index (χ3n) is 3.95. The van der Waals surface area contributed by atoms with E-state index in [1.54, 1.807) is 11.9 Å². The predicted molar refractivity (Wildman–Crippen MR) is 89.6 cm³/mol. The minimum absolute atomic E-state index is 0.0144. The molecular formula is C17H21N5O. The number of methoxy groups -OCH3 is 1. The van der Waals surface area contributed by atoms with E-state index in [4.69, 9.17) is 4.74 Å². The van der Waals surface area contributed by atoms with Crippen molar-refractivity contribution in [1.82, 2.24) is 25.1 Å². The van der Waals surface area contributed by atoms with Gasteiger partial charge in [-0.2, -0.15) is 4.80 Å². The maximum absolute atomic E-state index is 5.64. The molecule has 6 heteroatoms. The molecule has 0 bridgehead atoms. The molecule has 3 aromatic rings. The highest BCUT2D eigenvalue weighted by Gasteiger charge is 2.21. The first-order valence-electron chi connectivity index (χ1n) is 7.63. The van der Waals surface area contributed by atoms with Crippen molar-refractivity contribution in [2.75, 3.05) is 27.7 Å². The molecule has 1 unspecified atom stereocenters. The Bertz CT molecular complexity index is 770. The number of hydrogen-bond acceptors (Lipinski definition) is 5. The van der Waals surface area contributed by atoms with Crippen molar-refractivity contribution in [2.45, 2.75) is 12.5 Å². The van der Waals surface area contributed by atoms with Gasteiger partial charge in [0.1, 0.15) is 11.8 Å². The Hall–Kier alpha value is -2.47. The molecule has 0 saturated heterocycles. The number of ether oxygens (including phenoxy) is 1. The molecule has 0 aliphatic heterocycles. The third kappa shape index (κ3) is 3.32. The molecule has 23 heavy (non-hydrogen) atoms. The van der Waals surface area contributed by atoms with Crippen molar-refractivity contribution in [2.24, 2.45) is 0 Å². The Morgan fingerprint density at radius 1 is 1.17 bits per heavy atom. The van der Waals surface area contributed by atoms with Crippen LogP contribution in [0.3, 0.4) is 0 Å². The maximum Gasteiger partial charge on any atom is 0.162 e. The monoisotopic (exact) mass is 311 g/mol. The number of aromatic nitrogens is 4. The zero-order valence-electron chi connectivity index (χ0n) is 13.7. The van der Waals surface area contributed by atoms with Crippen LogP contribution in [0.5, 0.6) is 5.75 Å². The molecule has 0 saturated carbocycles. The van der Waals surface area contributed by atoms with Gasteiger partial charge in [0.05, 0.1) is 7.11 Å². The summed E-state index contributed by atoms with van der Waals surface area (Å²) in [4.78, 5) is 3.81. The first kappa shape index (κ1) is 15.4. The Labute approximate surface area is 135 Å². The molecule has 0 radical (unpaired) electrons. The van der Waals surface area contributed by atoms with Crippen LogP contribution in [0.25, 0.3) is 10.8 Å². The van der Waals surface area contributed by atoms with E-state index < -0.39 is 0 Å². The van der Waals surface area contributed by atoms with Gasteiger partial charge in [0, 0.05) is 5.56 Å². The van der Waals surface area contributed by atoms with Crippen LogP contribution in [0.2, 0.25) is 0 Å². The SMILES string of the molecule is COc1cc2ccccc2cc1C(CCN(C)C)n1ncnn1. The highest BCUT2D eigenvalue weighted by Crippen LogP contribution is 2.33. The van der Waals surface area contributed by atoms with E-state index in [9.17, 15) is 0 Å². The molecule has 2 aromatic carbocycles. The van der Waals surface area contributed by atoms with Crippen LogP contribution in [0.15, 0.2) is 42.7 Å². The molecule has 120 valence electrons. The Morgan fingerprint density at radius 2 is 1.91 bits per heavy atom. The van der Waals surface area contributed by atoms with E-state index in [1.165, 1.54) is 11.7 Å². The van der Waals surface area contributed by atoms with Gasteiger partial charge in [-0.1, -0.05) is 24.3 Å². The normalized spacial score (nSPS) is 12.7. The smallest absolute Gasteiger partial charge is 0.162 e. The van der Waals surface area contributed by atoms with Crippen molar-refractivity contribution in [3.05, 3.63) is 48.3 Å². The number of rotatable bonds is 6. The van der Waals surface area contributed by atoms with Gasteiger partial charge >= 0.3 is 0 Å². The van der Waals surface area contributed by atoms with Crippen LogP contribution >= 0.6 is 0 Å². The van der Waals surface area contributed by atoms with E-state index in [1.807, 2.05) is 12.1 Å². The average Bonchev–Trinajstić information content (AvgIpc) is 3.08. The van der Waals surface area contributed by atoms with E-state index in [-0.39, 0.29) is 6.04 Å². The number of benzene rings is 2. The summed E-state index contributed by atoms with van der Waals surface area (Å²) in [6, 6.07) is 12.5. The van der Waals surface area contributed by atoms with Gasteiger partial charge in [0.2, 0.25) is 0 Å². The summed E-state index contributed by atoms with van der Waals surface area (Å²) in [6.07, 6.45) is 2.34. The fourth-order valence-electron chi connectivity index (χ4n) is 2.77. The minimum Gasteiger partial charge on any atom is -0.496 e. The molecule has 0 aliphatic carbocycles. The first-order valence-corrected chi connectivity index (χ1v) is 7.63. The summed E-state index contributed by atoms with van der Waals surface area (Å²) >= 11 is 0. The van der Waals surface area contributed by atoms with Crippen LogP contribution in [0.4, 0.5) is 0 Å². The number of tetrazole rings is 1. The van der Waals surface area contributed by atoms with Gasteiger partial charge in [-0.15, -0.1) is 10.2 Å². The molecule has 1 heterocycles. The zero-order chi connectivity index (χ0) is 16.2. The molecule has 0 aliphatic rings. The topological polar surface area (TPSA) is 56.1 Å². The molecule has 1 atom stereocenters. The lowest BCUT2D eigenvalue weighted by atomic mass is 9.98. The largest absolute Gasteiger partial charge is 0.496 e. The average molecular weight is 311 g/mol.